The first kappa shape index (κ1) is 35.4. The van der Waals surface area contributed by atoms with Crippen molar-refractivity contribution in [3.05, 3.63) is 174 Å². The Balaban J connectivity index is 0.00000149. The van der Waals surface area contributed by atoms with Crippen LogP contribution in [0.25, 0.3) is 85.4 Å². The average Bonchev–Trinajstić information content (AvgIpc) is 3.95. The Morgan fingerprint density at radius 2 is 0.882 bits per heavy atom. The van der Waals surface area contributed by atoms with Crippen LogP contribution in [-0.4, -0.2) is 19.5 Å². The van der Waals surface area contributed by atoms with Gasteiger partial charge in [-0.2, -0.15) is 0 Å². The summed E-state index contributed by atoms with van der Waals surface area (Å²) in [5.41, 5.74) is 15.4. The molecule has 2 aliphatic rings. The third-order valence-corrected chi connectivity index (χ3v) is 8.87. The second kappa shape index (κ2) is 15.2. The van der Waals surface area contributed by atoms with E-state index in [1.54, 1.807) is 0 Å². The summed E-state index contributed by atoms with van der Waals surface area (Å²) in [6.07, 6.45) is 8.44. The van der Waals surface area contributed by atoms with Crippen molar-refractivity contribution in [1.82, 2.24) is 19.5 Å². The van der Waals surface area contributed by atoms with Gasteiger partial charge in [-0.05, 0) is 83.5 Å². The van der Waals surface area contributed by atoms with E-state index < -0.39 is 0 Å². The van der Waals surface area contributed by atoms with Crippen LogP contribution in [0, 0.1) is 0 Å². The standard InChI is InChI=1S/C44H30N4.2ClH.Mn/c1-5-13-30(14-6-1)41-39-26-25-36(47-39)28-35-22-21-33(45-35)27-34-23-24-37(46-34)29-40-42(31-15-7-2-8-16-31)43(32-17-9-3-10-18-32)44(41)48(40)38-19-11-4-12-20-38;;;/h1-29,45H;2*1H;/q;;;+2/p-2. The molecule has 9 rings (SSSR count). The molecule has 8 bridgehead atoms. The van der Waals surface area contributed by atoms with Crippen LogP contribution in [0.15, 0.2) is 152 Å². The van der Waals surface area contributed by atoms with Gasteiger partial charge in [-0.3, -0.25) is 0 Å². The van der Waals surface area contributed by atoms with Crippen molar-refractivity contribution in [3.8, 4) is 39.1 Å². The Morgan fingerprint density at radius 3 is 1.45 bits per heavy atom. The van der Waals surface area contributed by atoms with Gasteiger partial charge in [0, 0.05) is 33.4 Å². The number of halogens is 2. The molecule has 7 aromatic rings. The molecule has 0 saturated heterocycles. The minimum Gasteiger partial charge on any atom is -1.00 e. The van der Waals surface area contributed by atoms with Gasteiger partial charge in [-0.15, -0.1) is 0 Å². The third kappa shape index (κ3) is 6.73. The Labute approximate surface area is 319 Å². The minimum absolute atomic E-state index is 0. The quantitative estimate of drug-likeness (QED) is 0.255. The van der Waals surface area contributed by atoms with Gasteiger partial charge in [-0.1, -0.05) is 109 Å². The van der Waals surface area contributed by atoms with E-state index in [0.29, 0.717) is 0 Å². The summed E-state index contributed by atoms with van der Waals surface area (Å²) in [6.45, 7) is 0. The first-order chi connectivity index (χ1) is 23.8. The van der Waals surface area contributed by atoms with Crippen LogP contribution in [0.5, 0.6) is 0 Å². The van der Waals surface area contributed by atoms with E-state index in [-0.39, 0.29) is 41.9 Å². The summed E-state index contributed by atoms with van der Waals surface area (Å²) in [4.78, 5) is 13.9. The summed E-state index contributed by atoms with van der Waals surface area (Å²) in [6, 6.07) is 53.3. The zero-order chi connectivity index (χ0) is 31.9. The maximum Gasteiger partial charge on any atom is 2.00 e. The van der Waals surface area contributed by atoms with E-state index in [1.165, 1.54) is 0 Å². The summed E-state index contributed by atoms with van der Waals surface area (Å²) in [5, 5.41) is 0. The van der Waals surface area contributed by atoms with Crippen molar-refractivity contribution in [1.29, 1.82) is 0 Å². The van der Waals surface area contributed by atoms with Gasteiger partial charge in [-0.25, -0.2) is 9.97 Å². The van der Waals surface area contributed by atoms with Crippen molar-refractivity contribution in [2.75, 3.05) is 0 Å². The number of benzene rings is 4. The number of nitrogens with zero attached hydrogens (tertiary/aromatic N) is 3. The Morgan fingerprint density at radius 1 is 0.431 bits per heavy atom. The molecule has 247 valence electrons. The number of rotatable bonds is 4. The number of aromatic amines is 1. The van der Waals surface area contributed by atoms with Crippen LogP contribution in [0.3, 0.4) is 0 Å². The normalized spacial score (nSPS) is 11.3. The number of hydrogen-bond acceptors (Lipinski definition) is 2. The zero-order valence-electron chi connectivity index (χ0n) is 27.2. The minimum atomic E-state index is 0. The number of hydrogen-bond donors (Lipinski definition) is 1. The summed E-state index contributed by atoms with van der Waals surface area (Å²) >= 11 is 0. The maximum atomic E-state index is 5.29. The summed E-state index contributed by atoms with van der Waals surface area (Å²) in [5.74, 6) is 0. The van der Waals surface area contributed by atoms with Crippen molar-refractivity contribution in [3.63, 3.8) is 0 Å². The molecule has 5 heterocycles. The molecule has 2 aliphatic heterocycles. The molecule has 7 heteroatoms. The molecule has 0 saturated carbocycles. The first-order valence-corrected chi connectivity index (χ1v) is 16.2. The number of nitrogens with one attached hydrogen (secondary N) is 1. The van der Waals surface area contributed by atoms with Gasteiger partial charge in [0.1, 0.15) is 0 Å². The van der Waals surface area contributed by atoms with Gasteiger partial charge in [0.15, 0.2) is 0 Å². The van der Waals surface area contributed by atoms with Crippen LogP contribution in [-0.2, 0) is 17.1 Å². The third-order valence-electron chi connectivity index (χ3n) is 8.87. The van der Waals surface area contributed by atoms with Crippen LogP contribution in [0.1, 0.15) is 22.8 Å². The predicted molar refractivity (Wildman–Crippen MR) is 200 cm³/mol. The zero-order valence-corrected chi connectivity index (χ0v) is 29.9. The number of fused-ring (bicyclic) bond motifs is 8. The topological polar surface area (TPSA) is 46.5 Å². The largest absolute Gasteiger partial charge is 2.00 e. The molecule has 0 amide bonds. The van der Waals surface area contributed by atoms with Crippen molar-refractivity contribution in [2.24, 2.45) is 0 Å². The molecule has 1 radical (unpaired) electrons. The van der Waals surface area contributed by atoms with E-state index in [1.807, 2.05) is 0 Å². The molecule has 4 aromatic carbocycles. The Hall–Kier alpha value is -5.42. The van der Waals surface area contributed by atoms with Crippen LogP contribution >= 0.6 is 0 Å². The van der Waals surface area contributed by atoms with E-state index in [0.717, 1.165) is 83.9 Å². The van der Waals surface area contributed by atoms with Gasteiger partial charge in [0.2, 0.25) is 0 Å². The second-order valence-corrected chi connectivity index (χ2v) is 12.0. The van der Waals surface area contributed by atoms with E-state index in [9.17, 15) is 0 Å². The van der Waals surface area contributed by atoms with Gasteiger partial charge in [0.05, 0.1) is 33.8 Å². The molecular weight excluding hydrogens is 710 g/mol. The Kier molecular flexibility index (Phi) is 10.6. The number of para-hydroxylation sites is 1. The van der Waals surface area contributed by atoms with E-state index in [2.05, 4.69) is 186 Å². The van der Waals surface area contributed by atoms with Crippen LogP contribution < -0.4 is 24.8 Å². The molecular formula is C44H30Cl2MnN4. The number of aromatic nitrogens is 4. The second-order valence-electron chi connectivity index (χ2n) is 12.0. The maximum absolute atomic E-state index is 5.29. The monoisotopic (exact) mass is 739 g/mol. The molecule has 0 spiro atoms. The van der Waals surface area contributed by atoms with Gasteiger partial charge >= 0.3 is 17.1 Å². The number of H-pyrrole nitrogens is 1. The van der Waals surface area contributed by atoms with Crippen molar-refractivity contribution < 1.29 is 41.9 Å². The van der Waals surface area contributed by atoms with Gasteiger partial charge in [0.25, 0.3) is 0 Å². The van der Waals surface area contributed by atoms with Gasteiger partial charge < -0.3 is 34.4 Å². The fourth-order valence-corrected chi connectivity index (χ4v) is 6.81. The molecule has 0 fully saturated rings. The molecule has 1 N–H and O–H groups in total. The molecule has 0 atom stereocenters. The average molecular weight is 741 g/mol. The molecule has 51 heavy (non-hydrogen) atoms. The van der Waals surface area contributed by atoms with Crippen LogP contribution in [0.4, 0.5) is 0 Å². The van der Waals surface area contributed by atoms with Crippen molar-refractivity contribution >= 4 is 46.4 Å². The van der Waals surface area contributed by atoms with E-state index in [4.69, 9.17) is 9.97 Å². The fraction of sp³-hybridized carbons (Fsp3) is 0. The van der Waals surface area contributed by atoms with E-state index >= 15 is 0 Å². The summed E-state index contributed by atoms with van der Waals surface area (Å²) < 4.78 is 2.41. The Bertz CT molecular complexity index is 2540. The summed E-state index contributed by atoms with van der Waals surface area (Å²) in [7, 11) is 0. The molecule has 3 aromatic heterocycles. The predicted octanol–water partition coefficient (Wildman–Crippen LogP) is 5.12. The fourth-order valence-electron chi connectivity index (χ4n) is 6.81. The molecule has 4 nitrogen and oxygen atoms in total. The SMILES string of the molecule is C1=Cc2cc3c(-c4ccccc4)c(-c4ccccc4)c(c(-c4ccccc4)c4nc(cc5ccc(cc1n2)[nH]5)C=C4)n3-c1ccccc1.[Cl-].[Cl-].[Mn+2]. The van der Waals surface area contributed by atoms with Crippen LogP contribution in [0.2, 0.25) is 0 Å². The molecule has 0 aliphatic carbocycles. The smallest absolute Gasteiger partial charge is 1.00 e. The first-order valence-electron chi connectivity index (χ1n) is 16.2. The molecule has 0 unspecified atom stereocenters. The van der Waals surface area contributed by atoms with Crippen molar-refractivity contribution in [2.45, 2.75) is 0 Å².